The minimum Gasteiger partial charge on any atom is -0.486 e. The van der Waals surface area contributed by atoms with Crippen molar-refractivity contribution >= 4 is 11.6 Å². The molecular formula is C16H22ClNO. The third-order valence-electron chi connectivity index (χ3n) is 4.27. The van der Waals surface area contributed by atoms with Gasteiger partial charge < -0.3 is 10.1 Å². The molecule has 0 amide bonds. The topological polar surface area (TPSA) is 21.3 Å². The Bertz CT molecular complexity index is 452. The number of ether oxygens (including phenoxy) is 1. The predicted molar refractivity (Wildman–Crippen MR) is 79.0 cm³/mol. The summed E-state index contributed by atoms with van der Waals surface area (Å²) in [6.07, 6.45) is 7.36. The molecule has 2 aliphatic rings. The lowest BCUT2D eigenvalue weighted by molar-refractivity contribution is -0.0142. The molecule has 2 nitrogen and oxygen atoms in total. The van der Waals surface area contributed by atoms with E-state index in [9.17, 15) is 0 Å². The zero-order chi connectivity index (χ0) is 13.3. The number of nitrogens with one attached hydrogen (secondary N) is 1. The van der Waals surface area contributed by atoms with Gasteiger partial charge in [-0.25, -0.2) is 0 Å². The van der Waals surface area contributed by atoms with Crippen molar-refractivity contribution < 1.29 is 4.74 Å². The van der Waals surface area contributed by atoms with Crippen LogP contribution in [0.15, 0.2) is 18.2 Å². The highest BCUT2D eigenvalue weighted by Gasteiger charge is 2.39. The van der Waals surface area contributed by atoms with Crippen LogP contribution in [0, 0.1) is 6.92 Å². The first-order chi connectivity index (χ1) is 9.17. The van der Waals surface area contributed by atoms with E-state index in [-0.39, 0.29) is 5.60 Å². The lowest BCUT2D eigenvalue weighted by Gasteiger charge is -2.42. The van der Waals surface area contributed by atoms with Gasteiger partial charge in [-0.1, -0.05) is 17.7 Å². The fraction of sp³-hybridized carbons (Fsp3) is 0.625. The van der Waals surface area contributed by atoms with E-state index in [1.165, 1.54) is 24.8 Å². The number of benzene rings is 1. The van der Waals surface area contributed by atoms with Crippen LogP contribution in [0.1, 0.15) is 44.1 Å². The maximum absolute atomic E-state index is 6.28. The SMILES string of the molecule is Cc1ccc(Cl)c(OC2(CCNC3CC3)CCC2)c1. The van der Waals surface area contributed by atoms with Gasteiger partial charge >= 0.3 is 0 Å². The monoisotopic (exact) mass is 279 g/mol. The van der Waals surface area contributed by atoms with Crippen LogP contribution < -0.4 is 10.1 Å². The van der Waals surface area contributed by atoms with Crippen LogP contribution in [-0.4, -0.2) is 18.2 Å². The van der Waals surface area contributed by atoms with Gasteiger partial charge in [0.05, 0.1) is 5.02 Å². The Labute approximate surface area is 120 Å². The summed E-state index contributed by atoms with van der Waals surface area (Å²) in [5.74, 6) is 0.854. The van der Waals surface area contributed by atoms with Gasteiger partial charge in [-0.05, 0) is 69.7 Å². The minimum absolute atomic E-state index is 0.0271. The summed E-state index contributed by atoms with van der Waals surface area (Å²) < 4.78 is 6.28. The van der Waals surface area contributed by atoms with Crippen LogP contribution in [0.4, 0.5) is 0 Å². The van der Waals surface area contributed by atoms with Crippen LogP contribution in [0.2, 0.25) is 5.02 Å². The number of hydrogen-bond acceptors (Lipinski definition) is 2. The van der Waals surface area contributed by atoms with Crippen LogP contribution in [0.3, 0.4) is 0 Å². The average Bonchev–Trinajstić information content (AvgIpc) is 3.14. The fourth-order valence-corrected chi connectivity index (χ4v) is 2.84. The smallest absolute Gasteiger partial charge is 0.138 e. The molecule has 104 valence electrons. The quantitative estimate of drug-likeness (QED) is 0.847. The summed E-state index contributed by atoms with van der Waals surface area (Å²) in [5.41, 5.74) is 1.23. The maximum Gasteiger partial charge on any atom is 0.138 e. The molecule has 1 aromatic carbocycles. The van der Waals surface area contributed by atoms with Crippen LogP contribution in [-0.2, 0) is 0 Å². The number of hydrogen-bond donors (Lipinski definition) is 1. The van der Waals surface area contributed by atoms with Gasteiger partial charge in [0.15, 0.2) is 0 Å². The zero-order valence-electron chi connectivity index (χ0n) is 11.5. The molecule has 1 N–H and O–H groups in total. The molecule has 2 fully saturated rings. The number of halogens is 1. The van der Waals surface area contributed by atoms with Crippen LogP contribution in [0.25, 0.3) is 0 Å². The molecule has 1 aromatic rings. The van der Waals surface area contributed by atoms with Gasteiger partial charge in [0.2, 0.25) is 0 Å². The Kier molecular flexibility index (Phi) is 3.72. The van der Waals surface area contributed by atoms with E-state index in [1.807, 2.05) is 12.1 Å². The van der Waals surface area contributed by atoms with Crippen molar-refractivity contribution in [2.45, 2.75) is 57.1 Å². The highest BCUT2D eigenvalue weighted by atomic mass is 35.5. The molecule has 0 spiro atoms. The summed E-state index contributed by atoms with van der Waals surface area (Å²) >= 11 is 6.24. The largest absolute Gasteiger partial charge is 0.486 e. The standard InChI is InChI=1S/C16H22ClNO/c1-12-3-6-14(17)15(11-12)19-16(7-2-8-16)9-10-18-13-4-5-13/h3,6,11,13,18H,2,4-5,7-10H2,1H3. The minimum atomic E-state index is 0.0271. The highest BCUT2D eigenvalue weighted by Crippen LogP contribution is 2.41. The van der Waals surface area contributed by atoms with E-state index < -0.39 is 0 Å². The van der Waals surface area contributed by atoms with Crippen molar-refractivity contribution in [1.29, 1.82) is 0 Å². The van der Waals surface area contributed by atoms with Gasteiger partial charge in [-0.3, -0.25) is 0 Å². The van der Waals surface area contributed by atoms with Crippen molar-refractivity contribution in [2.24, 2.45) is 0 Å². The molecule has 0 atom stereocenters. The Morgan fingerprint density at radius 3 is 2.79 bits per heavy atom. The van der Waals surface area contributed by atoms with E-state index in [0.29, 0.717) is 0 Å². The van der Waals surface area contributed by atoms with Gasteiger partial charge in [-0.15, -0.1) is 0 Å². The molecule has 0 bridgehead atoms. The molecule has 2 saturated carbocycles. The Morgan fingerprint density at radius 1 is 1.37 bits per heavy atom. The predicted octanol–water partition coefficient (Wildman–Crippen LogP) is 4.09. The summed E-state index contributed by atoms with van der Waals surface area (Å²) in [4.78, 5) is 0. The normalized spacial score (nSPS) is 20.9. The first-order valence-corrected chi connectivity index (χ1v) is 7.73. The molecule has 0 unspecified atom stereocenters. The Hall–Kier alpha value is -0.730. The van der Waals surface area contributed by atoms with Crippen molar-refractivity contribution in [2.75, 3.05) is 6.54 Å². The zero-order valence-corrected chi connectivity index (χ0v) is 12.3. The highest BCUT2D eigenvalue weighted by molar-refractivity contribution is 6.32. The van der Waals surface area contributed by atoms with E-state index in [4.69, 9.17) is 16.3 Å². The number of rotatable bonds is 6. The van der Waals surface area contributed by atoms with E-state index in [0.717, 1.165) is 42.6 Å². The van der Waals surface area contributed by atoms with E-state index >= 15 is 0 Å². The summed E-state index contributed by atoms with van der Waals surface area (Å²) in [7, 11) is 0. The van der Waals surface area contributed by atoms with Crippen LogP contribution in [0.5, 0.6) is 5.75 Å². The maximum atomic E-state index is 6.28. The molecule has 0 saturated heterocycles. The number of aryl methyl sites for hydroxylation is 1. The molecule has 3 rings (SSSR count). The molecule has 3 heteroatoms. The molecule has 0 heterocycles. The van der Waals surface area contributed by atoms with Gasteiger partial charge in [-0.2, -0.15) is 0 Å². The fourth-order valence-electron chi connectivity index (χ4n) is 2.69. The van der Waals surface area contributed by atoms with E-state index in [1.54, 1.807) is 0 Å². The summed E-state index contributed by atoms with van der Waals surface area (Å²) in [5, 5.41) is 4.31. The van der Waals surface area contributed by atoms with Gasteiger partial charge in [0.25, 0.3) is 0 Å². The molecule has 0 radical (unpaired) electrons. The Balaban J connectivity index is 1.62. The van der Waals surface area contributed by atoms with Gasteiger partial charge in [0, 0.05) is 6.04 Å². The molecule has 0 aliphatic heterocycles. The second-order valence-corrected chi connectivity index (χ2v) is 6.46. The third kappa shape index (κ3) is 3.24. The second-order valence-electron chi connectivity index (χ2n) is 6.05. The van der Waals surface area contributed by atoms with Crippen molar-refractivity contribution in [1.82, 2.24) is 5.32 Å². The first-order valence-electron chi connectivity index (χ1n) is 7.35. The van der Waals surface area contributed by atoms with Crippen molar-refractivity contribution in [3.05, 3.63) is 28.8 Å². The lowest BCUT2D eigenvalue weighted by Crippen LogP contribution is -2.45. The summed E-state index contributed by atoms with van der Waals surface area (Å²) in [6.45, 7) is 3.14. The van der Waals surface area contributed by atoms with E-state index in [2.05, 4.69) is 18.3 Å². The molecular weight excluding hydrogens is 258 g/mol. The van der Waals surface area contributed by atoms with Crippen molar-refractivity contribution in [3.63, 3.8) is 0 Å². The Morgan fingerprint density at radius 2 is 2.16 bits per heavy atom. The van der Waals surface area contributed by atoms with Gasteiger partial charge in [0.1, 0.15) is 11.4 Å². The summed E-state index contributed by atoms with van der Waals surface area (Å²) in [6, 6.07) is 6.79. The van der Waals surface area contributed by atoms with Crippen molar-refractivity contribution in [3.8, 4) is 5.75 Å². The van der Waals surface area contributed by atoms with Crippen LogP contribution >= 0.6 is 11.6 Å². The average molecular weight is 280 g/mol. The first kappa shape index (κ1) is 13.3. The third-order valence-corrected chi connectivity index (χ3v) is 4.58. The molecule has 19 heavy (non-hydrogen) atoms. The molecule has 2 aliphatic carbocycles. The molecule has 0 aromatic heterocycles. The second kappa shape index (κ2) is 5.34. The lowest BCUT2D eigenvalue weighted by atomic mass is 9.77.